The van der Waals surface area contributed by atoms with Gasteiger partial charge in [-0.3, -0.25) is 4.84 Å². The smallest absolute Gasteiger partial charge is 0.120 e. The lowest BCUT2D eigenvalue weighted by Gasteiger charge is -2.23. The molecule has 0 aliphatic carbocycles. The topological polar surface area (TPSA) is 44.5 Å². The van der Waals surface area contributed by atoms with Crippen molar-refractivity contribution in [3.63, 3.8) is 0 Å². The number of nitrogens with two attached hydrogens (primary N) is 1. The second-order valence-corrected chi connectivity index (χ2v) is 4.33. The first-order valence-corrected chi connectivity index (χ1v) is 5.02. The third kappa shape index (κ3) is 2.26. The van der Waals surface area contributed by atoms with Gasteiger partial charge in [0.05, 0.1) is 7.11 Å². The zero-order valence-corrected chi connectivity index (χ0v) is 10.1. The Kier molecular flexibility index (Phi) is 3.53. The molecule has 0 heterocycles. The van der Waals surface area contributed by atoms with Crippen LogP contribution in [0, 0.1) is 0 Å². The van der Waals surface area contributed by atoms with E-state index in [1.165, 1.54) is 0 Å². The van der Waals surface area contributed by atoms with Crippen LogP contribution in [-0.4, -0.2) is 7.11 Å². The average Bonchev–Trinajstić information content (AvgIpc) is 2.17. The number of halogens is 1. The number of hydrogen-bond donors (Lipinski definition) is 1. The highest BCUT2D eigenvalue weighted by Crippen LogP contribution is 2.32. The van der Waals surface area contributed by atoms with Gasteiger partial charge in [-0.25, -0.2) is 5.90 Å². The Morgan fingerprint density at radius 2 is 2.00 bits per heavy atom. The summed E-state index contributed by atoms with van der Waals surface area (Å²) in [4.78, 5) is 4.91. The molecule has 4 heteroatoms. The summed E-state index contributed by atoms with van der Waals surface area (Å²) in [6, 6.07) is 5.69. The summed E-state index contributed by atoms with van der Waals surface area (Å²) >= 11 is 3.45. The predicted octanol–water partition coefficient (Wildman–Crippen LogP) is 2.58. The van der Waals surface area contributed by atoms with Gasteiger partial charge in [0.2, 0.25) is 0 Å². The molecule has 0 aliphatic heterocycles. The van der Waals surface area contributed by atoms with Crippen LogP contribution in [0.1, 0.15) is 19.4 Å². The minimum absolute atomic E-state index is 0.509. The number of hydrogen-bond acceptors (Lipinski definition) is 3. The molecule has 0 aromatic heterocycles. The van der Waals surface area contributed by atoms with Gasteiger partial charge in [0.15, 0.2) is 0 Å². The average molecular weight is 260 g/mol. The lowest BCUT2D eigenvalue weighted by Crippen LogP contribution is -2.25. The van der Waals surface area contributed by atoms with Crippen LogP contribution in [0.3, 0.4) is 0 Å². The summed E-state index contributed by atoms with van der Waals surface area (Å²) in [6.45, 7) is 3.80. The first-order valence-electron chi connectivity index (χ1n) is 4.23. The predicted molar refractivity (Wildman–Crippen MR) is 59.0 cm³/mol. The van der Waals surface area contributed by atoms with Crippen molar-refractivity contribution in [2.24, 2.45) is 5.90 Å². The molecule has 1 aromatic rings. The third-order valence-corrected chi connectivity index (χ3v) is 2.78. The highest BCUT2D eigenvalue weighted by atomic mass is 79.9. The minimum Gasteiger partial charge on any atom is -0.497 e. The van der Waals surface area contributed by atoms with Crippen molar-refractivity contribution < 1.29 is 9.57 Å². The first-order chi connectivity index (χ1) is 6.51. The fourth-order valence-corrected chi connectivity index (χ4v) is 2.01. The molecule has 0 amide bonds. The van der Waals surface area contributed by atoms with Gasteiger partial charge in [0.1, 0.15) is 11.4 Å². The fraction of sp³-hybridized carbons (Fsp3) is 0.400. The summed E-state index contributed by atoms with van der Waals surface area (Å²) in [5, 5.41) is 0. The van der Waals surface area contributed by atoms with Crippen molar-refractivity contribution in [3.8, 4) is 5.75 Å². The molecule has 14 heavy (non-hydrogen) atoms. The summed E-state index contributed by atoms with van der Waals surface area (Å²) in [5.74, 6) is 6.03. The maximum atomic E-state index is 5.23. The van der Waals surface area contributed by atoms with E-state index in [1.54, 1.807) is 7.11 Å². The van der Waals surface area contributed by atoms with Crippen LogP contribution in [0.25, 0.3) is 0 Å². The van der Waals surface area contributed by atoms with Crippen LogP contribution in [0.4, 0.5) is 0 Å². The molecular formula is C10H14BrNO2. The number of rotatable bonds is 3. The Bertz CT molecular complexity index is 326. The fourth-order valence-electron chi connectivity index (χ4n) is 1.17. The molecule has 0 aliphatic rings. The van der Waals surface area contributed by atoms with Gasteiger partial charge < -0.3 is 4.74 Å². The minimum atomic E-state index is -0.509. The van der Waals surface area contributed by atoms with Crippen LogP contribution >= 0.6 is 15.9 Å². The molecule has 0 atom stereocenters. The molecule has 78 valence electrons. The highest BCUT2D eigenvalue weighted by molar-refractivity contribution is 9.10. The molecule has 0 spiro atoms. The Morgan fingerprint density at radius 3 is 2.43 bits per heavy atom. The van der Waals surface area contributed by atoms with Crippen LogP contribution in [0.15, 0.2) is 22.7 Å². The van der Waals surface area contributed by atoms with Gasteiger partial charge >= 0.3 is 0 Å². The Labute approximate surface area is 92.3 Å². The van der Waals surface area contributed by atoms with Crippen LogP contribution in [-0.2, 0) is 10.4 Å². The van der Waals surface area contributed by atoms with Crippen LogP contribution in [0.5, 0.6) is 5.75 Å². The summed E-state index contributed by atoms with van der Waals surface area (Å²) in [5.41, 5.74) is 0.478. The molecule has 0 unspecified atom stereocenters. The van der Waals surface area contributed by atoms with Crippen molar-refractivity contribution in [1.82, 2.24) is 0 Å². The standard InChI is InChI=1S/C10H14BrNO2/c1-10(2,14-12)8-5-4-7(13-3)6-9(8)11/h4-6H,12H2,1-3H3. The molecule has 0 saturated heterocycles. The number of methoxy groups -OCH3 is 1. The number of ether oxygens (including phenoxy) is 1. The van der Waals surface area contributed by atoms with E-state index in [2.05, 4.69) is 15.9 Å². The largest absolute Gasteiger partial charge is 0.497 e. The van der Waals surface area contributed by atoms with E-state index >= 15 is 0 Å². The lowest BCUT2D eigenvalue weighted by atomic mass is 9.98. The molecule has 3 nitrogen and oxygen atoms in total. The van der Waals surface area contributed by atoms with Gasteiger partial charge in [-0.05, 0) is 31.5 Å². The zero-order valence-electron chi connectivity index (χ0n) is 8.50. The molecule has 0 radical (unpaired) electrons. The van der Waals surface area contributed by atoms with Gasteiger partial charge in [-0.1, -0.05) is 22.0 Å². The maximum Gasteiger partial charge on any atom is 0.120 e. The summed E-state index contributed by atoms with van der Waals surface area (Å²) in [6.07, 6.45) is 0. The van der Waals surface area contributed by atoms with Gasteiger partial charge in [0, 0.05) is 4.47 Å². The second-order valence-electron chi connectivity index (χ2n) is 3.47. The van der Waals surface area contributed by atoms with E-state index in [4.69, 9.17) is 15.5 Å². The van der Waals surface area contributed by atoms with Crippen molar-refractivity contribution in [2.45, 2.75) is 19.4 Å². The summed E-state index contributed by atoms with van der Waals surface area (Å²) < 4.78 is 6.02. The Balaban J connectivity index is 3.12. The van der Waals surface area contributed by atoms with Gasteiger partial charge in [-0.15, -0.1) is 0 Å². The van der Waals surface area contributed by atoms with E-state index in [0.717, 1.165) is 15.8 Å². The highest BCUT2D eigenvalue weighted by Gasteiger charge is 2.23. The van der Waals surface area contributed by atoms with Crippen molar-refractivity contribution in [3.05, 3.63) is 28.2 Å². The molecule has 0 bridgehead atoms. The van der Waals surface area contributed by atoms with Crippen molar-refractivity contribution in [2.75, 3.05) is 7.11 Å². The van der Waals surface area contributed by atoms with Crippen LogP contribution < -0.4 is 10.6 Å². The SMILES string of the molecule is COc1ccc(C(C)(C)ON)c(Br)c1. The van der Waals surface area contributed by atoms with Crippen LogP contribution in [0.2, 0.25) is 0 Å². The quantitative estimate of drug-likeness (QED) is 0.849. The molecule has 0 saturated carbocycles. The Hall–Kier alpha value is -0.580. The molecule has 0 fully saturated rings. The van der Waals surface area contributed by atoms with E-state index in [9.17, 15) is 0 Å². The zero-order chi connectivity index (χ0) is 10.8. The van der Waals surface area contributed by atoms with Gasteiger partial charge in [-0.2, -0.15) is 0 Å². The normalized spacial score (nSPS) is 11.5. The van der Waals surface area contributed by atoms with Crippen molar-refractivity contribution in [1.29, 1.82) is 0 Å². The Morgan fingerprint density at radius 1 is 1.36 bits per heavy atom. The third-order valence-electron chi connectivity index (χ3n) is 2.12. The summed E-state index contributed by atoms with van der Waals surface area (Å²) in [7, 11) is 1.63. The monoisotopic (exact) mass is 259 g/mol. The van der Waals surface area contributed by atoms with E-state index in [0.29, 0.717) is 0 Å². The number of benzene rings is 1. The maximum absolute atomic E-state index is 5.23. The molecule has 2 N–H and O–H groups in total. The lowest BCUT2D eigenvalue weighted by molar-refractivity contribution is -0.0241. The molecule has 1 aromatic carbocycles. The van der Waals surface area contributed by atoms with Crippen molar-refractivity contribution >= 4 is 15.9 Å². The molecule has 1 rings (SSSR count). The van der Waals surface area contributed by atoms with Gasteiger partial charge in [0.25, 0.3) is 0 Å². The van der Waals surface area contributed by atoms with E-state index < -0.39 is 5.60 Å². The molecular weight excluding hydrogens is 246 g/mol. The second kappa shape index (κ2) is 4.29. The first kappa shape index (κ1) is 11.5. The van der Waals surface area contributed by atoms with E-state index in [1.807, 2.05) is 32.0 Å². The van der Waals surface area contributed by atoms with E-state index in [-0.39, 0.29) is 0 Å².